The average molecular weight is 249 g/mol. The van der Waals surface area contributed by atoms with Crippen molar-refractivity contribution in [1.29, 1.82) is 0 Å². The largest absolute Gasteiger partial charge is 0.315 e. The van der Waals surface area contributed by atoms with E-state index in [2.05, 4.69) is 10.0 Å². The van der Waals surface area contributed by atoms with Crippen LogP contribution in [0.1, 0.15) is 33.1 Å². The minimum Gasteiger partial charge on any atom is -0.315 e. The first kappa shape index (κ1) is 13.9. The fraction of sp³-hybridized carbons (Fsp3) is 1.00. The van der Waals surface area contributed by atoms with Crippen molar-refractivity contribution in [3.63, 3.8) is 0 Å². The van der Waals surface area contributed by atoms with Gasteiger partial charge in [0.25, 0.3) is 10.2 Å². The van der Waals surface area contributed by atoms with Crippen LogP contribution >= 0.6 is 0 Å². The van der Waals surface area contributed by atoms with Gasteiger partial charge in [0.15, 0.2) is 0 Å². The van der Waals surface area contributed by atoms with Gasteiger partial charge in [0, 0.05) is 25.7 Å². The monoisotopic (exact) mass is 249 g/mol. The van der Waals surface area contributed by atoms with Gasteiger partial charge in [-0.25, -0.2) is 0 Å². The minimum absolute atomic E-state index is 0.0567. The third-order valence-corrected chi connectivity index (χ3v) is 4.34. The van der Waals surface area contributed by atoms with E-state index in [1.54, 1.807) is 4.31 Å². The molecular weight excluding hydrogens is 226 g/mol. The minimum atomic E-state index is -3.29. The molecule has 5 nitrogen and oxygen atoms in total. The van der Waals surface area contributed by atoms with E-state index in [1.807, 2.05) is 13.8 Å². The summed E-state index contributed by atoms with van der Waals surface area (Å²) in [5, 5.41) is 3.15. The summed E-state index contributed by atoms with van der Waals surface area (Å²) in [6, 6.07) is 0.0567. The quantitative estimate of drug-likeness (QED) is 0.682. The molecule has 0 bridgehead atoms. The van der Waals surface area contributed by atoms with Crippen LogP contribution in [0.25, 0.3) is 0 Å². The number of nitrogens with zero attached hydrogens (tertiary/aromatic N) is 1. The zero-order chi connectivity index (χ0) is 12.0. The summed E-state index contributed by atoms with van der Waals surface area (Å²) in [5.41, 5.74) is 0. The second-order valence-electron chi connectivity index (χ2n) is 4.21. The predicted octanol–water partition coefficient (Wildman–Crippen LogP) is 0.305. The normalized spacial score (nSPS) is 21.8. The van der Waals surface area contributed by atoms with Gasteiger partial charge in [-0.1, -0.05) is 13.8 Å². The molecule has 0 amide bonds. The maximum Gasteiger partial charge on any atom is 0.279 e. The first-order valence-electron chi connectivity index (χ1n) is 6.08. The Labute approximate surface area is 98.8 Å². The maximum atomic E-state index is 12.1. The Morgan fingerprint density at radius 1 is 1.31 bits per heavy atom. The van der Waals surface area contributed by atoms with Crippen molar-refractivity contribution < 1.29 is 8.42 Å². The zero-order valence-corrected chi connectivity index (χ0v) is 11.0. The molecule has 0 aromatic heterocycles. The number of nitrogens with one attached hydrogen (secondary N) is 2. The molecule has 1 unspecified atom stereocenters. The highest BCUT2D eigenvalue weighted by atomic mass is 32.2. The van der Waals surface area contributed by atoms with E-state index in [9.17, 15) is 8.42 Å². The highest BCUT2D eigenvalue weighted by molar-refractivity contribution is 7.87. The lowest BCUT2D eigenvalue weighted by molar-refractivity contribution is 0.396. The Hall–Kier alpha value is -0.170. The third-order valence-electron chi connectivity index (χ3n) is 2.66. The molecule has 1 aliphatic heterocycles. The van der Waals surface area contributed by atoms with E-state index < -0.39 is 10.2 Å². The highest BCUT2D eigenvalue weighted by Gasteiger charge is 2.25. The van der Waals surface area contributed by atoms with Gasteiger partial charge < -0.3 is 5.32 Å². The van der Waals surface area contributed by atoms with Crippen molar-refractivity contribution in [2.24, 2.45) is 0 Å². The van der Waals surface area contributed by atoms with E-state index >= 15 is 0 Å². The summed E-state index contributed by atoms with van der Waals surface area (Å²) in [5.74, 6) is 0. The standard InChI is InChI=1S/C10H23N3O2S/c1-3-7-13(8-4-2)16(14,15)12-10-5-6-11-9-10/h10-12H,3-9H2,1-2H3. The topological polar surface area (TPSA) is 61.4 Å². The molecule has 0 aromatic carbocycles. The molecule has 2 N–H and O–H groups in total. The molecule has 0 saturated carbocycles. The van der Waals surface area contributed by atoms with Gasteiger partial charge in [-0.3, -0.25) is 0 Å². The molecule has 0 aromatic rings. The second kappa shape index (κ2) is 6.54. The summed E-state index contributed by atoms with van der Waals surface area (Å²) in [7, 11) is -3.29. The lowest BCUT2D eigenvalue weighted by Gasteiger charge is -2.23. The Morgan fingerprint density at radius 2 is 1.94 bits per heavy atom. The Kier molecular flexibility index (Phi) is 5.68. The Balaban J connectivity index is 2.57. The van der Waals surface area contributed by atoms with Crippen molar-refractivity contribution >= 4 is 10.2 Å². The van der Waals surface area contributed by atoms with Gasteiger partial charge in [0.2, 0.25) is 0 Å². The van der Waals surface area contributed by atoms with Crippen LogP contribution < -0.4 is 10.0 Å². The van der Waals surface area contributed by atoms with Crippen molar-refractivity contribution in [1.82, 2.24) is 14.3 Å². The average Bonchev–Trinajstić information content (AvgIpc) is 2.69. The zero-order valence-electron chi connectivity index (χ0n) is 10.2. The van der Waals surface area contributed by atoms with E-state index in [0.717, 1.165) is 32.4 Å². The fourth-order valence-corrected chi connectivity index (χ4v) is 3.51. The molecule has 0 radical (unpaired) electrons. The molecule has 6 heteroatoms. The Morgan fingerprint density at radius 3 is 2.38 bits per heavy atom. The van der Waals surface area contributed by atoms with E-state index in [-0.39, 0.29) is 6.04 Å². The predicted molar refractivity (Wildman–Crippen MR) is 65.5 cm³/mol. The number of hydrogen-bond donors (Lipinski definition) is 2. The number of hydrogen-bond acceptors (Lipinski definition) is 3. The van der Waals surface area contributed by atoms with Crippen LogP contribution in [0.4, 0.5) is 0 Å². The summed E-state index contributed by atoms with van der Waals surface area (Å²) in [6.45, 7) is 6.83. The summed E-state index contributed by atoms with van der Waals surface area (Å²) in [6.07, 6.45) is 2.58. The van der Waals surface area contributed by atoms with Crippen LogP contribution in [0, 0.1) is 0 Å². The van der Waals surface area contributed by atoms with Gasteiger partial charge in [0.1, 0.15) is 0 Å². The summed E-state index contributed by atoms with van der Waals surface area (Å²) >= 11 is 0. The molecule has 1 rings (SSSR count). The molecule has 0 spiro atoms. The van der Waals surface area contributed by atoms with Crippen LogP contribution in [0.3, 0.4) is 0 Å². The van der Waals surface area contributed by atoms with Crippen molar-refractivity contribution in [3.05, 3.63) is 0 Å². The molecule has 1 atom stereocenters. The summed E-state index contributed by atoms with van der Waals surface area (Å²) < 4.78 is 28.4. The first-order valence-corrected chi connectivity index (χ1v) is 7.52. The first-order chi connectivity index (χ1) is 7.60. The van der Waals surface area contributed by atoms with Crippen LogP contribution in [0.15, 0.2) is 0 Å². The van der Waals surface area contributed by atoms with Crippen LogP contribution in [0.5, 0.6) is 0 Å². The van der Waals surface area contributed by atoms with Gasteiger partial charge in [-0.15, -0.1) is 0 Å². The SMILES string of the molecule is CCCN(CCC)S(=O)(=O)NC1CCNC1. The lowest BCUT2D eigenvalue weighted by Crippen LogP contribution is -2.46. The van der Waals surface area contributed by atoms with E-state index in [0.29, 0.717) is 13.1 Å². The van der Waals surface area contributed by atoms with Gasteiger partial charge in [0.05, 0.1) is 0 Å². The smallest absolute Gasteiger partial charge is 0.279 e. The molecule has 1 saturated heterocycles. The van der Waals surface area contributed by atoms with Gasteiger partial charge in [-0.05, 0) is 25.8 Å². The third kappa shape index (κ3) is 4.01. The van der Waals surface area contributed by atoms with Crippen LogP contribution in [-0.2, 0) is 10.2 Å². The van der Waals surface area contributed by atoms with Crippen molar-refractivity contribution in [2.45, 2.75) is 39.2 Å². The molecule has 1 heterocycles. The Bertz CT molecular complexity index is 280. The highest BCUT2D eigenvalue weighted by Crippen LogP contribution is 2.05. The van der Waals surface area contributed by atoms with Gasteiger partial charge >= 0.3 is 0 Å². The molecule has 1 fully saturated rings. The lowest BCUT2D eigenvalue weighted by atomic mass is 10.3. The van der Waals surface area contributed by atoms with Crippen LogP contribution in [0.2, 0.25) is 0 Å². The molecular formula is C10H23N3O2S. The molecule has 96 valence electrons. The van der Waals surface area contributed by atoms with Gasteiger partial charge in [-0.2, -0.15) is 17.4 Å². The van der Waals surface area contributed by atoms with E-state index in [1.165, 1.54) is 0 Å². The second-order valence-corrected chi connectivity index (χ2v) is 5.91. The van der Waals surface area contributed by atoms with E-state index in [4.69, 9.17) is 0 Å². The summed E-state index contributed by atoms with van der Waals surface area (Å²) in [4.78, 5) is 0. The maximum absolute atomic E-state index is 12.1. The molecule has 16 heavy (non-hydrogen) atoms. The fourth-order valence-electron chi connectivity index (χ4n) is 1.89. The van der Waals surface area contributed by atoms with Crippen molar-refractivity contribution in [2.75, 3.05) is 26.2 Å². The molecule has 0 aliphatic carbocycles. The van der Waals surface area contributed by atoms with Crippen LogP contribution in [-0.4, -0.2) is 44.9 Å². The molecule has 1 aliphatic rings. The van der Waals surface area contributed by atoms with Crippen molar-refractivity contribution in [3.8, 4) is 0 Å². The number of rotatable bonds is 7.